The molecule has 1 atom stereocenters. The highest BCUT2D eigenvalue weighted by molar-refractivity contribution is 5.66. The van der Waals surface area contributed by atoms with E-state index in [4.69, 9.17) is 10.8 Å². The van der Waals surface area contributed by atoms with Gasteiger partial charge in [-0.15, -0.1) is 8.78 Å². The molecule has 0 aliphatic carbocycles. The first-order valence-electron chi connectivity index (χ1n) is 5.24. The Hall–Kier alpha value is -1.89. The van der Waals surface area contributed by atoms with Gasteiger partial charge >= 0.3 is 12.3 Å². The van der Waals surface area contributed by atoms with Gasteiger partial charge in [-0.2, -0.15) is 0 Å². The number of carboxylic acids is 1. The van der Waals surface area contributed by atoms with Gasteiger partial charge in [-0.1, -0.05) is 6.07 Å². The van der Waals surface area contributed by atoms with Crippen LogP contribution in [0.5, 0.6) is 11.5 Å². The number of ether oxygens (including phenoxy) is 2. The molecular formula is C11H11F2NO4. The fourth-order valence-electron chi connectivity index (χ4n) is 1.64. The van der Waals surface area contributed by atoms with E-state index in [1.807, 2.05) is 0 Å². The second-order valence-corrected chi connectivity index (χ2v) is 3.91. The summed E-state index contributed by atoms with van der Waals surface area (Å²) in [6, 6.07) is 3.62. The largest absolute Gasteiger partial charge is 0.586 e. The van der Waals surface area contributed by atoms with Gasteiger partial charge in [-0.3, -0.25) is 4.79 Å². The van der Waals surface area contributed by atoms with E-state index in [2.05, 4.69) is 9.47 Å². The summed E-state index contributed by atoms with van der Waals surface area (Å²) in [4.78, 5) is 10.4. The van der Waals surface area contributed by atoms with Crippen LogP contribution in [0.2, 0.25) is 0 Å². The molecule has 0 amide bonds. The van der Waals surface area contributed by atoms with Gasteiger partial charge in [-0.25, -0.2) is 0 Å². The van der Waals surface area contributed by atoms with Gasteiger partial charge in [0.05, 0.1) is 0 Å². The molecule has 0 saturated carbocycles. The van der Waals surface area contributed by atoms with E-state index in [-0.39, 0.29) is 24.3 Å². The predicted molar refractivity (Wildman–Crippen MR) is 56.4 cm³/mol. The Balaban J connectivity index is 2.11. The minimum Gasteiger partial charge on any atom is -0.481 e. The lowest BCUT2D eigenvalue weighted by atomic mass is 10.0. The van der Waals surface area contributed by atoms with E-state index in [0.717, 1.165) is 0 Å². The average molecular weight is 259 g/mol. The van der Waals surface area contributed by atoms with Crippen molar-refractivity contribution < 1.29 is 28.2 Å². The van der Waals surface area contributed by atoms with E-state index >= 15 is 0 Å². The van der Waals surface area contributed by atoms with E-state index < -0.39 is 18.3 Å². The van der Waals surface area contributed by atoms with Crippen LogP contribution in [0, 0.1) is 0 Å². The van der Waals surface area contributed by atoms with Crippen molar-refractivity contribution in [1.82, 2.24) is 0 Å². The second-order valence-electron chi connectivity index (χ2n) is 3.91. The number of hydrogen-bond donors (Lipinski definition) is 2. The smallest absolute Gasteiger partial charge is 0.481 e. The van der Waals surface area contributed by atoms with Crippen LogP contribution in [0.15, 0.2) is 18.2 Å². The first-order chi connectivity index (χ1) is 8.37. The third-order valence-corrected chi connectivity index (χ3v) is 2.52. The van der Waals surface area contributed by atoms with Crippen molar-refractivity contribution in [2.24, 2.45) is 5.73 Å². The number of alkyl halides is 2. The van der Waals surface area contributed by atoms with Crippen molar-refractivity contribution in [2.75, 3.05) is 0 Å². The molecule has 3 N–H and O–H groups in total. The number of halogens is 2. The Morgan fingerprint density at radius 3 is 2.72 bits per heavy atom. The lowest BCUT2D eigenvalue weighted by molar-refractivity contribution is -0.286. The molecule has 0 fully saturated rings. The molecule has 1 aromatic carbocycles. The molecule has 1 aliphatic rings. The minimum absolute atomic E-state index is 0.0609. The molecule has 1 heterocycles. The maximum atomic E-state index is 12.8. The van der Waals surface area contributed by atoms with Gasteiger partial charge in [0.15, 0.2) is 11.5 Å². The molecule has 1 unspecified atom stereocenters. The normalized spacial score (nSPS) is 17.5. The lowest BCUT2D eigenvalue weighted by Gasteiger charge is -2.10. The van der Waals surface area contributed by atoms with E-state index in [1.165, 1.54) is 18.2 Å². The molecule has 98 valence electrons. The topological polar surface area (TPSA) is 81.8 Å². The number of hydrogen-bond acceptors (Lipinski definition) is 4. The van der Waals surface area contributed by atoms with Crippen molar-refractivity contribution >= 4 is 5.97 Å². The number of aliphatic carboxylic acids is 1. The van der Waals surface area contributed by atoms with Crippen molar-refractivity contribution in [1.29, 1.82) is 0 Å². The van der Waals surface area contributed by atoms with Gasteiger partial charge in [-0.05, 0) is 24.1 Å². The van der Waals surface area contributed by atoms with Crippen molar-refractivity contribution in [3.8, 4) is 11.5 Å². The van der Waals surface area contributed by atoms with Crippen LogP contribution in [0.3, 0.4) is 0 Å². The highest BCUT2D eigenvalue weighted by Gasteiger charge is 2.43. The van der Waals surface area contributed by atoms with E-state index in [9.17, 15) is 13.6 Å². The monoisotopic (exact) mass is 259 g/mol. The fraction of sp³-hybridized carbons (Fsp3) is 0.364. The quantitative estimate of drug-likeness (QED) is 0.862. The van der Waals surface area contributed by atoms with Crippen LogP contribution in [0.25, 0.3) is 0 Å². The number of carbonyl (C=O) groups is 1. The van der Waals surface area contributed by atoms with Crippen molar-refractivity contribution in [3.63, 3.8) is 0 Å². The number of fused-ring (bicyclic) bond motifs is 1. The molecular weight excluding hydrogens is 248 g/mol. The molecule has 5 nitrogen and oxygen atoms in total. The summed E-state index contributed by atoms with van der Waals surface area (Å²) in [6.07, 6.45) is -3.54. The Morgan fingerprint density at radius 2 is 2.06 bits per heavy atom. The van der Waals surface area contributed by atoms with Gasteiger partial charge in [0.1, 0.15) is 0 Å². The Kier molecular flexibility index (Phi) is 3.08. The molecule has 0 bridgehead atoms. The Labute approximate surface area is 101 Å². The van der Waals surface area contributed by atoms with Crippen LogP contribution in [-0.2, 0) is 4.79 Å². The maximum Gasteiger partial charge on any atom is 0.586 e. The molecule has 0 spiro atoms. The summed E-state index contributed by atoms with van der Waals surface area (Å²) in [5.41, 5.74) is 6.28. The zero-order valence-electron chi connectivity index (χ0n) is 9.23. The minimum atomic E-state index is -3.66. The summed E-state index contributed by atoms with van der Waals surface area (Å²) in [5, 5.41) is 8.53. The van der Waals surface area contributed by atoms with Gasteiger partial charge in [0, 0.05) is 12.5 Å². The third-order valence-electron chi connectivity index (χ3n) is 2.52. The Morgan fingerprint density at radius 1 is 1.39 bits per heavy atom. The number of rotatable bonds is 4. The summed E-state index contributed by atoms with van der Waals surface area (Å²) < 4.78 is 34.1. The fourth-order valence-corrected chi connectivity index (χ4v) is 1.64. The predicted octanol–water partition coefficient (Wildman–Crippen LogP) is 1.87. The molecule has 7 heteroatoms. The second kappa shape index (κ2) is 4.41. The third kappa shape index (κ3) is 2.67. The zero-order valence-corrected chi connectivity index (χ0v) is 9.23. The van der Waals surface area contributed by atoms with Crippen LogP contribution >= 0.6 is 0 Å². The highest BCUT2D eigenvalue weighted by Crippen LogP contribution is 2.42. The number of carboxylic acid groups (broad SMARTS) is 1. The maximum absolute atomic E-state index is 12.8. The molecule has 0 aromatic heterocycles. The van der Waals surface area contributed by atoms with Gasteiger partial charge in [0.2, 0.25) is 0 Å². The zero-order chi connectivity index (χ0) is 13.3. The van der Waals surface area contributed by atoms with Crippen molar-refractivity contribution in [3.05, 3.63) is 23.8 Å². The van der Waals surface area contributed by atoms with E-state index in [1.54, 1.807) is 0 Å². The highest BCUT2D eigenvalue weighted by atomic mass is 19.3. The molecule has 1 aromatic rings. The lowest BCUT2D eigenvalue weighted by Crippen LogP contribution is -2.25. The van der Waals surface area contributed by atoms with Crippen LogP contribution in [0.1, 0.15) is 24.4 Å². The average Bonchev–Trinajstić information content (AvgIpc) is 2.58. The molecule has 18 heavy (non-hydrogen) atoms. The van der Waals surface area contributed by atoms with Gasteiger partial charge < -0.3 is 20.3 Å². The summed E-state index contributed by atoms with van der Waals surface area (Å²) in [6.45, 7) is 0. The molecule has 0 radical (unpaired) electrons. The summed E-state index contributed by atoms with van der Waals surface area (Å²) >= 11 is 0. The molecule has 0 saturated heterocycles. The molecule has 1 aliphatic heterocycles. The standard InChI is InChI=1S/C11H11F2NO4/c12-11(13)17-8-3-1-6(5-9(8)18-11)7(14)2-4-10(15)16/h1,3,5,7H,2,4,14H2,(H,15,16). The van der Waals surface area contributed by atoms with Crippen LogP contribution in [0.4, 0.5) is 8.78 Å². The van der Waals surface area contributed by atoms with Crippen LogP contribution < -0.4 is 15.2 Å². The summed E-state index contributed by atoms with van der Waals surface area (Å²) in [7, 11) is 0. The van der Waals surface area contributed by atoms with Crippen LogP contribution in [-0.4, -0.2) is 17.4 Å². The SMILES string of the molecule is NC(CCC(=O)O)c1ccc2c(c1)OC(F)(F)O2. The summed E-state index contributed by atoms with van der Waals surface area (Å²) in [5.74, 6) is -1.12. The first kappa shape index (κ1) is 12.6. The number of benzene rings is 1. The van der Waals surface area contributed by atoms with E-state index in [0.29, 0.717) is 5.56 Å². The van der Waals surface area contributed by atoms with Gasteiger partial charge in [0.25, 0.3) is 0 Å². The molecule has 2 rings (SSSR count). The van der Waals surface area contributed by atoms with Crippen molar-refractivity contribution in [2.45, 2.75) is 25.2 Å². The first-order valence-corrected chi connectivity index (χ1v) is 5.24. The number of nitrogens with two attached hydrogens (primary N) is 1. The Bertz CT molecular complexity index is 478.